The summed E-state index contributed by atoms with van der Waals surface area (Å²) in [5, 5.41) is 4.07. The first kappa shape index (κ1) is 17.4. The Kier molecular flexibility index (Phi) is 5.38. The highest BCUT2D eigenvalue weighted by atomic mass is 35.5. The van der Waals surface area contributed by atoms with E-state index in [0.717, 1.165) is 11.4 Å². The summed E-state index contributed by atoms with van der Waals surface area (Å²) in [5.41, 5.74) is 1.59. The second-order valence-electron chi connectivity index (χ2n) is 5.22. The average Bonchev–Trinajstić information content (AvgIpc) is 2.89. The van der Waals surface area contributed by atoms with E-state index in [1.807, 2.05) is 13.8 Å². The molecule has 1 aromatic carbocycles. The van der Waals surface area contributed by atoms with E-state index < -0.39 is 0 Å². The van der Waals surface area contributed by atoms with E-state index in [-0.39, 0.29) is 11.8 Å². The van der Waals surface area contributed by atoms with Crippen LogP contribution in [-0.2, 0) is 6.42 Å². The molecule has 0 saturated heterocycles. The van der Waals surface area contributed by atoms with E-state index in [0.29, 0.717) is 26.8 Å². The fourth-order valence-corrected chi connectivity index (χ4v) is 3.11. The molecule has 2 rings (SSSR count). The minimum Gasteiger partial charge on any atom is -0.345 e. The van der Waals surface area contributed by atoms with Gasteiger partial charge in [0.15, 0.2) is 0 Å². The van der Waals surface area contributed by atoms with Crippen LogP contribution >= 0.6 is 22.9 Å². The summed E-state index contributed by atoms with van der Waals surface area (Å²) in [5.74, 6) is -0.446. The van der Waals surface area contributed by atoms with Crippen LogP contribution in [0, 0.1) is 6.92 Å². The quantitative estimate of drug-likeness (QED) is 0.915. The normalized spacial score (nSPS) is 10.5. The van der Waals surface area contributed by atoms with Crippen LogP contribution in [0.15, 0.2) is 18.2 Å². The highest BCUT2D eigenvalue weighted by Crippen LogP contribution is 2.24. The van der Waals surface area contributed by atoms with Crippen molar-refractivity contribution in [3.05, 3.63) is 44.4 Å². The molecule has 122 valence electrons. The molecule has 1 aromatic heterocycles. The van der Waals surface area contributed by atoms with Gasteiger partial charge in [-0.3, -0.25) is 9.59 Å². The van der Waals surface area contributed by atoms with Crippen molar-refractivity contribution in [3.8, 4) is 0 Å². The maximum atomic E-state index is 12.4. The molecule has 0 spiro atoms. The largest absolute Gasteiger partial charge is 0.345 e. The lowest BCUT2D eigenvalue weighted by Gasteiger charge is -2.13. The maximum Gasteiger partial charge on any atom is 0.267 e. The summed E-state index contributed by atoms with van der Waals surface area (Å²) >= 11 is 7.45. The van der Waals surface area contributed by atoms with E-state index in [4.69, 9.17) is 11.6 Å². The smallest absolute Gasteiger partial charge is 0.267 e. The number of thiazole rings is 1. The molecular weight excluding hydrogens is 334 g/mol. The molecule has 1 heterocycles. The van der Waals surface area contributed by atoms with Gasteiger partial charge in [-0.2, -0.15) is 0 Å². The molecule has 0 aliphatic rings. The van der Waals surface area contributed by atoms with Crippen LogP contribution in [-0.4, -0.2) is 35.8 Å². The monoisotopic (exact) mass is 351 g/mol. The lowest BCUT2D eigenvalue weighted by molar-refractivity contribution is 0.0827. The number of aryl methyl sites for hydroxylation is 2. The molecule has 0 fully saturated rings. The van der Waals surface area contributed by atoms with Gasteiger partial charge in [0.1, 0.15) is 4.88 Å². The van der Waals surface area contributed by atoms with Gasteiger partial charge in [-0.25, -0.2) is 4.98 Å². The number of nitrogens with one attached hydrogen (secondary N) is 1. The molecule has 0 radical (unpaired) electrons. The molecule has 7 heteroatoms. The van der Waals surface area contributed by atoms with Crippen molar-refractivity contribution in [3.63, 3.8) is 0 Å². The van der Waals surface area contributed by atoms with E-state index >= 15 is 0 Å². The topological polar surface area (TPSA) is 62.3 Å². The van der Waals surface area contributed by atoms with Crippen molar-refractivity contribution in [1.29, 1.82) is 0 Å². The number of hydrogen-bond acceptors (Lipinski definition) is 4. The molecular formula is C16H18ClN3O2S. The molecule has 2 aromatic rings. The summed E-state index contributed by atoms with van der Waals surface area (Å²) in [6, 6.07) is 4.86. The Morgan fingerprint density at radius 3 is 2.61 bits per heavy atom. The van der Waals surface area contributed by atoms with Gasteiger partial charge in [-0.15, -0.1) is 11.3 Å². The van der Waals surface area contributed by atoms with E-state index in [2.05, 4.69) is 10.3 Å². The van der Waals surface area contributed by atoms with Crippen molar-refractivity contribution >= 4 is 40.4 Å². The number of carbonyl (C=O) groups excluding carboxylic acids is 2. The Morgan fingerprint density at radius 2 is 2.04 bits per heavy atom. The first-order valence-electron chi connectivity index (χ1n) is 7.12. The van der Waals surface area contributed by atoms with E-state index in [9.17, 15) is 9.59 Å². The minimum atomic E-state index is -0.231. The standard InChI is InChI=1S/C16H18ClN3O2S/c1-5-13-18-9(2)14(23-13)15(21)19-10-6-7-12(17)11(8-10)16(22)20(3)4/h6-8H,5H2,1-4H3,(H,19,21). The summed E-state index contributed by atoms with van der Waals surface area (Å²) in [6.07, 6.45) is 0.793. The molecule has 1 N–H and O–H groups in total. The molecule has 23 heavy (non-hydrogen) atoms. The summed E-state index contributed by atoms with van der Waals surface area (Å²) in [4.78, 5) is 30.9. The van der Waals surface area contributed by atoms with Crippen molar-refractivity contribution in [2.45, 2.75) is 20.3 Å². The first-order chi connectivity index (χ1) is 10.8. The van der Waals surface area contributed by atoms with Gasteiger partial charge in [0, 0.05) is 19.8 Å². The van der Waals surface area contributed by atoms with Gasteiger partial charge in [0.2, 0.25) is 0 Å². The maximum absolute atomic E-state index is 12.4. The third-order valence-electron chi connectivity index (χ3n) is 3.21. The third-order valence-corrected chi connectivity index (χ3v) is 4.84. The second-order valence-corrected chi connectivity index (χ2v) is 6.71. The Balaban J connectivity index is 2.26. The van der Waals surface area contributed by atoms with Crippen LogP contribution in [0.2, 0.25) is 5.02 Å². The second kappa shape index (κ2) is 7.10. The summed E-state index contributed by atoms with van der Waals surface area (Å²) in [7, 11) is 3.30. The number of nitrogens with zero attached hydrogens (tertiary/aromatic N) is 2. The average molecular weight is 352 g/mol. The van der Waals surface area contributed by atoms with Crippen LogP contribution in [0.25, 0.3) is 0 Å². The number of rotatable bonds is 4. The SMILES string of the molecule is CCc1nc(C)c(C(=O)Nc2ccc(Cl)c(C(=O)N(C)C)c2)s1. The first-order valence-corrected chi connectivity index (χ1v) is 8.31. The predicted molar refractivity (Wildman–Crippen MR) is 93.7 cm³/mol. The zero-order chi connectivity index (χ0) is 17.1. The number of hydrogen-bond donors (Lipinski definition) is 1. The van der Waals surface area contributed by atoms with Crippen molar-refractivity contribution in [2.24, 2.45) is 0 Å². The molecule has 0 aliphatic carbocycles. The van der Waals surface area contributed by atoms with Gasteiger partial charge in [0.25, 0.3) is 11.8 Å². The van der Waals surface area contributed by atoms with Gasteiger partial charge in [-0.05, 0) is 31.5 Å². The van der Waals surface area contributed by atoms with Crippen molar-refractivity contribution in [1.82, 2.24) is 9.88 Å². The number of aromatic nitrogens is 1. The number of anilines is 1. The molecule has 0 aliphatic heterocycles. The highest BCUT2D eigenvalue weighted by Gasteiger charge is 2.17. The fraction of sp³-hybridized carbons (Fsp3) is 0.312. The van der Waals surface area contributed by atoms with Gasteiger partial charge < -0.3 is 10.2 Å². The van der Waals surface area contributed by atoms with Crippen molar-refractivity contribution in [2.75, 3.05) is 19.4 Å². The number of halogens is 1. The molecule has 5 nitrogen and oxygen atoms in total. The lowest BCUT2D eigenvalue weighted by atomic mass is 10.1. The molecule has 2 amide bonds. The number of benzene rings is 1. The minimum absolute atomic E-state index is 0.215. The zero-order valence-electron chi connectivity index (χ0n) is 13.4. The summed E-state index contributed by atoms with van der Waals surface area (Å²) < 4.78 is 0. The van der Waals surface area contributed by atoms with E-state index in [1.165, 1.54) is 16.2 Å². The molecule has 0 unspecified atom stereocenters. The van der Waals surface area contributed by atoms with Crippen LogP contribution in [0.5, 0.6) is 0 Å². The molecule has 0 bridgehead atoms. The Morgan fingerprint density at radius 1 is 1.35 bits per heavy atom. The number of amides is 2. The molecule has 0 saturated carbocycles. The highest BCUT2D eigenvalue weighted by molar-refractivity contribution is 7.13. The van der Waals surface area contributed by atoms with Crippen molar-refractivity contribution < 1.29 is 9.59 Å². The Hall–Kier alpha value is -1.92. The third kappa shape index (κ3) is 3.89. The van der Waals surface area contributed by atoms with E-state index in [1.54, 1.807) is 32.3 Å². The Bertz CT molecular complexity index is 756. The lowest BCUT2D eigenvalue weighted by Crippen LogP contribution is -2.22. The van der Waals surface area contributed by atoms with Crippen LogP contribution in [0.3, 0.4) is 0 Å². The van der Waals surface area contributed by atoms with Crippen LogP contribution in [0.1, 0.15) is 37.7 Å². The van der Waals surface area contributed by atoms with Gasteiger partial charge in [0.05, 0.1) is 21.3 Å². The number of carbonyl (C=O) groups is 2. The van der Waals surface area contributed by atoms with Crippen LogP contribution < -0.4 is 5.32 Å². The Labute approximate surface area is 144 Å². The fourth-order valence-electron chi connectivity index (χ4n) is 2.01. The van der Waals surface area contributed by atoms with Gasteiger partial charge in [-0.1, -0.05) is 18.5 Å². The van der Waals surface area contributed by atoms with Gasteiger partial charge >= 0.3 is 0 Å². The predicted octanol–water partition coefficient (Wildman–Crippen LogP) is 3.62. The summed E-state index contributed by atoms with van der Waals surface area (Å²) in [6.45, 7) is 3.81. The molecule has 0 atom stereocenters. The zero-order valence-corrected chi connectivity index (χ0v) is 15.0. The van der Waals surface area contributed by atoms with Crippen LogP contribution in [0.4, 0.5) is 5.69 Å².